The average Bonchev–Trinajstić information content (AvgIpc) is 3.21. The molecule has 1 aromatic heterocycles. The number of nitrogens with zero attached hydrogens (tertiary/aromatic N) is 3. The van der Waals surface area contributed by atoms with Gasteiger partial charge in [0.25, 0.3) is 5.91 Å². The van der Waals surface area contributed by atoms with Gasteiger partial charge in [0.15, 0.2) is 6.61 Å². The van der Waals surface area contributed by atoms with E-state index in [-0.39, 0.29) is 12.5 Å². The van der Waals surface area contributed by atoms with Crippen molar-refractivity contribution in [2.75, 3.05) is 13.2 Å². The summed E-state index contributed by atoms with van der Waals surface area (Å²) in [5.74, 6) is 1.95. The molecule has 0 bridgehead atoms. The quantitative estimate of drug-likeness (QED) is 0.853. The fourth-order valence-corrected chi connectivity index (χ4v) is 4.15. The number of hydrogen-bond donors (Lipinski definition) is 0. The molecule has 1 aliphatic carbocycles. The Morgan fingerprint density at radius 2 is 1.96 bits per heavy atom. The van der Waals surface area contributed by atoms with Gasteiger partial charge >= 0.3 is 0 Å². The number of carbonyl (C=O) groups excluding carboxylic acids is 1. The smallest absolute Gasteiger partial charge is 0.260 e. The summed E-state index contributed by atoms with van der Waals surface area (Å²) < 4.78 is 10.9. The summed E-state index contributed by atoms with van der Waals surface area (Å²) >= 11 is 0. The number of hydrogen-bond acceptors (Lipinski definition) is 5. The summed E-state index contributed by atoms with van der Waals surface area (Å²) in [5, 5.41) is 7.54. The molecule has 2 unspecified atom stereocenters. The van der Waals surface area contributed by atoms with Crippen LogP contribution in [0.5, 0.6) is 5.75 Å². The molecule has 2 atom stereocenters. The number of rotatable bonds is 4. The van der Waals surface area contributed by atoms with E-state index < -0.39 is 0 Å². The van der Waals surface area contributed by atoms with E-state index in [0.29, 0.717) is 23.6 Å². The Labute approximate surface area is 147 Å². The lowest BCUT2D eigenvalue weighted by Crippen LogP contribution is -2.51. The van der Waals surface area contributed by atoms with Crippen LogP contribution in [-0.4, -0.2) is 40.2 Å². The van der Waals surface area contributed by atoms with Gasteiger partial charge < -0.3 is 14.1 Å². The fourth-order valence-electron chi connectivity index (χ4n) is 4.15. The molecule has 1 aromatic carbocycles. The van der Waals surface area contributed by atoms with Gasteiger partial charge in [0.1, 0.15) is 5.75 Å². The zero-order valence-corrected chi connectivity index (χ0v) is 14.3. The molecule has 25 heavy (non-hydrogen) atoms. The van der Waals surface area contributed by atoms with Crippen LogP contribution in [0.1, 0.15) is 38.5 Å². The number of ether oxygens (including phenoxy) is 1. The standard InChI is InChI=1S/C19H23N3O3/c23-18(22-11-3-5-14-4-1-2-6-17(14)22)12-24-16-9-7-15(8-10-16)19-21-20-13-25-19/h7-10,13-14,17H,1-6,11-12H2. The van der Waals surface area contributed by atoms with Crippen molar-refractivity contribution < 1.29 is 13.9 Å². The maximum Gasteiger partial charge on any atom is 0.260 e. The maximum absolute atomic E-state index is 12.6. The number of fused-ring (bicyclic) bond motifs is 1. The Kier molecular flexibility index (Phi) is 4.68. The van der Waals surface area contributed by atoms with Gasteiger partial charge in [-0.3, -0.25) is 4.79 Å². The van der Waals surface area contributed by atoms with Gasteiger partial charge in [-0.2, -0.15) is 0 Å². The van der Waals surface area contributed by atoms with Gasteiger partial charge in [0.2, 0.25) is 12.3 Å². The second-order valence-corrected chi connectivity index (χ2v) is 6.90. The van der Waals surface area contributed by atoms with E-state index in [1.807, 2.05) is 24.3 Å². The van der Waals surface area contributed by atoms with Gasteiger partial charge in [-0.05, 0) is 55.9 Å². The number of carbonyl (C=O) groups is 1. The van der Waals surface area contributed by atoms with Crippen LogP contribution in [0.4, 0.5) is 0 Å². The minimum absolute atomic E-state index is 0.100. The van der Waals surface area contributed by atoms with E-state index in [1.165, 1.54) is 32.1 Å². The highest BCUT2D eigenvalue weighted by Crippen LogP contribution is 2.35. The molecule has 2 aliphatic rings. The van der Waals surface area contributed by atoms with E-state index >= 15 is 0 Å². The van der Waals surface area contributed by atoms with E-state index in [9.17, 15) is 4.79 Å². The minimum Gasteiger partial charge on any atom is -0.484 e. The van der Waals surface area contributed by atoms with Crippen molar-refractivity contribution in [3.8, 4) is 17.2 Å². The first-order valence-corrected chi connectivity index (χ1v) is 9.10. The fraction of sp³-hybridized carbons (Fsp3) is 0.526. The third-order valence-electron chi connectivity index (χ3n) is 5.39. The molecular formula is C19H23N3O3. The topological polar surface area (TPSA) is 68.5 Å². The molecule has 6 heteroatoms. The predicted molar refractivity (Wildman–Crippen MR) is 91.9 cm³/mol. The van der Waals surface area contributed by atoms with Crippen LogP contribution in [0.2, 0.25) is 0 Å². The molecule has 1 saturated carbocycles. The Hall–Kier alpha value is -2.37. The molecule has 2 aromatic rings. The first-order chi connectivity index (χ1) is 12.3. The number of likely N-dealkylation sites (tertiary alicyclic amines) is 1. The first kappa shape index (κ1) is 16.1. The van der Waals surface area contributed by atoms with Crippen molar-refractivity contribution in [3.63, 3.8) is 0 Å². The Bertz CT molecular complexity index is 697. The second kappa shape index (κ2) is 7.25. The highest BCUT2D eigenvalue weighted by atomic mass is 16.5. The number of piperidine rings is 1. The van der Waals surface area contributed by atoms with Crippen LogP contribution in [0.25, 0.3) is 11.5 Å². The highest BCUT2D eigenvalue weighted by Gasteiger charge is 2.35. The van der Waals surface area contributed by atoms with Crippen molar-refractivity contribution in [3.05, 3.63) is 30.7 Å². The normalized spacial score (nSPS) is 23.1. The van der Waals surface area contributed by atoms with Crippen LogP contribution in [0.3, 0.4) is 0 Å². The van der Waals surface area contributed by atoms with Gasteiger partial charge in [-0.15, -0.1) is 10.2 Å². The number of amides is 1. The van der Waals surface area contributed by atoms with Gasteiger partial charge in [-0.25, -0.2) is 0 Å². The summed E-state index contributed by atoms with van der Waals surface area (Å²) in [6.45, 7) is 0.975. The lowest BCUT2D eigenvalue weighted by molar-refractivity contribution is -0.139. The molecule has 0 radical (unpaired) electrons. The first-order valence-electron chi connectivity index (χ1n) is 9.10. The third-order valence-corrected chi connectivity index (χ3v) is 5.39. The lowest BCUT2D eigenvalue weighted by atomic mass is 9.78. The van der Waals surface area contributed by atoms with Crippen molar-refractivity contribution in [1.29, 1.82) is 0 Å². The second-order valence-electron chi connectivity index (χ2n) is 6.90. The largest absolute Gasteiger partial charge is 0.484 e. The summed E-state index contributed by atoms with van der Waals surface area (Å²) in [6, 6.07) is 7.79. The molecule has 6 nitrogen and oxygen atoms in total. The van der Waals surface area contributed by atoms with Crippen molar-refractivity contribution >= 4 is 5.91 Å². The van der Waals surface area contributed by atoms with E-state index in [1.54, 1.807) is 0 Å². The van der Waals surface area contributed by atoms with Gasteiger partial charge in [-0.1, -0.05) is 12.8 Å². The predicted octanol–water partition coefficient (Wildman–Crippen LogP) is 3.30. The zero-order valence-electron chi connectivity index (χ0n) is 14.3. The molecule has 0 spiro atoms. The van der Waals surface area contributed by atoms with Crippen molar-refractivity contribution in [2.45, 2.75) is 44.6 Å². The lowest BCUT2D eigenvalue weighted by Gasteiger charge is -2.44. The zero-order chi connectivity index (χ0) is 17.1. The SMILES string of the molecule is O=C(COc1ccc(-c2nnco2)cc1)N1CCCC2CCCCC21. The molecule has 0 N–H and O–H groups in total. The highest BCUT2D eigenvalue weighted by molar-refractivity contribution is 5.78. The Morgan fingerprint density at radius 3 is 2.76 bits per heavy atom. The molecule has 2 heterocycles. The molecule has 132 valence electrons. The molecule has 1 amide bonds. The molecule has 4 rings (SSSR count). The van der Waals surface area contributed by atoms with Gasteiger partial charge in [0, 0.05) is 18.2 Å². The molecule has 2 fully saturated rings. The van der Waals surface area contributed by atoms with Crippen molar-refractivity contribution in [2.24, 2.45) is 5.92 Å². The molecule has 1 saturated heterocycles. The average molecular weight is 341 g/mol. The van der Waals surface area contributed by atoms with Crippen molar-refractivity contribution in [1.82, 2.24) is 15.1 Å². The van der Waals surface area contributed by atoms with E-state index in [4.69, 9.17) is 9.15 Å². The Morgan fingerprint density at radius 1 is 1.16 bits per heavy atom. The molecular weight excluding hydrogens is 318 g/mol. The minimum atomic E-state index is 0.100. The summed E-state index contributed by atoms with van der Waals surface area (Å²) in [6.07, 6.45) is 8.66. The van der Waals surface area contributed by atoms with Crippen LogP contribution < -0.4 is 4.74 Å². The van der Waals surface area contributed by atoms with Crippen LogP contribution >= 0.6 is 0 Å². The maximum atomic E-state index is 12.6. The van der Waals surface area contributed by atoms with Crippen LogP contribution in [0, 0.1) is 5.92 Å². The van der Waals surface area contributed by atoms with Gasteiger partial charge in [0.05, 0.1) is 0 Å². The third kappa shape index (κ3) is 3.52. The monoisotopic (exact) mass is 341 g/mol. The Balaban J connectivity index is 1.35. The van der Waals surface area contributed by atoms with E-state index in [2.05, 4.69) is 15.1 Å². The summed E-state index contributed by atoms with van der Waals surface area (Å²) in [7, 11) is 0. The van der Waals surface area contributed by atoms with Crippen LogP contribution in [0.15, 0.2) is 35.1 Å². The molecule has 1 aliphatic heterocycles. The number of benzene rings is 1. The van der Waals surface area contributed by atoms with Crippen LogP contribution in [-0.2, 0) is 4.79 Å². The summed E-state index contributed by atoms with van der Waals surface area (Å²) in [5.41, 5.74) is 0.831. The van der Waals surface area contributed by atoms with E-state index in [0.717, 1.165) is 24.9 Å². The number of aromatic nitrogens is 2. The summed E-state index contributed by atoms with van der Waals surface area (Å²) in [4.78, 5) is 14.7.